The summed E-state index contributed by atoms with van der Waals surface area (Å²) in [6.45, 7) is 6.95. The van der Waals surface area contributed by atoms with Crippen molar-refractivity contribution in [2.75, 3.05) is 6.61 Å². The van der Waals surface area contributed by atoms with Crippen LogP contribution in [0.4, 0.5) is 0 Å². The molecule has 2 N–H and O–H groups in total. The lowest BCUT2D eigenvalue weighted by Gasteiger charge is -2.23. The Balaban J connectivity index is 2.82. The number of amides is 1. The van der Waals surface area contributed by atoms with E-state index in [4.69, 9.17) is 9.52 Å². The van der Waals surface area contributed by atoms with Crippen LogP contribution in [-0.2, 0) is 0 Å². The van der Waals surface area contributed by atoms with Crippen molar-refractivity contribution in [3.05, 3.63) is 23.2 Å². The van der Waals surface area contributed by atoms with Gasteiger partial charge in [-0.3, -0.25) is 4.79 Å². The Kier molecular flexibility index (Phi) is 3.19. The monoisotopic (exact) mass is 211 g/mol. The summed E-state index contributed by atoms with van der Waals surface area (Å²) in [5, 5.41) is 11.8. The van der Waals surface area contributed by atoms with Crippen LogP contribution < -0.4 is 5.32 Å². The summed E-state index contributed by atoms with van der Waals surface area (Å²) in [6, 6.07) is 1.69. The molecule has 0 aliphatic carbocycles. The Bertz CT molecular complexity index is 366. The molecular weight excluding hydrogens is 194 g/mol. The average molecular weight is 211 g/mol. The normalized spacial score (nSPS) is 11.5. The van der Waals surface area contributed by atoms with E-state index in [0.717, 1.165) is 0 Å². The number of aryl methyl sites for hydroxylation is 2. The summed E-state index contributed by atoms with van der Waals surface area (Å²) in [6.07, 6.45) is 0. The zero-order valence-electron chi connectivity index (χ0n) is 9.55. The number of aliphatic hydroxyl groups excluding tert-OH is 1. The van der Waals surface area contributed by atoms with Crippen LogP contribution in [0.5, 0.6) is 0 Å². The molecule has 0 aliphatic rings. The van der Waals surface area contributed by atoms with Crippen LogP contribution in [0.3, 0.4) is 0 Å². The van der Waals surface area contributed by atoms with Gasteiger partial charge in [0.05, 0.1) is 17.7 Å². The summed E-state index contributed by atoms with van der Waals surface area (Å²) in [5.41, 5.74) is -0.0941. The third-order valence-electron chi connectivity index (χ3n) is 2.13. The molecule has 1 aromatic heterocycles. The highest BCUT2D eigenvalue weighted by molar-refractivity contribution is 5.95. The van der Waals surface area contributed by atoms with Gasteiger partial charge in [0.2, 0.25) is 0 Å². The molecule has 4 nitrogen and oxygen atoms in total. The van der Waals surface area contributed by atoms with Crippen molar-refractivity contribution in [2.45, 2.75) is 33.2 Å². The third-order valence-corrected chi connectivity index (χ3v) is 2.13. The van der Waals surface area contributed by atoms with Crippen molar-refractivity contribution < 1.29 is 14.3 Å². The zero-order valence-corrected chi connectivity index (χ0v) is 9.55. The minimum Gasteiger partial charge on any atom is -0.466 e. The van der Waals surface area contributed by atoms with Crippen molar-refractivity contribution in [1.82, 2.24) is 5.32 Å². The fourth-order valence-corrected chi connectivity index (χ4v) is 1.27. The molecule has 1 aromatic rings. The molecule has 1 rings (SSSR count). The molecule has 0 radical (unpaired) electrons. The summed E-state index contributed by atoms with van der Waals surface area (Å²) in [7, 11) is 0. The van der Waals surface area contributed by atoms with E-state index in [-0.39, 0.29) is 12.5 Å². The first-order valence-electron chi connectivity index (χ1n) is 4.86. The molecule has 0 fully saturated rings. The molecule has 84 valence electrons. The molecule has 0 saturated heterocycles. The molecule has 0 saturated carbocycles. The third kappa shape index (κ3) is 2.83. The van der Waals surface area contributed by atoms with Gasteiger partial charge in [0, 0.05) is 0 Å². The van der Waals surface area contributed by atoms with Crippen molar-refractivity contribution in [3.63, 3.8) is 0 Å². The van der Waals surface area contributed by atoms with Gasteiger partial charge in [-0.2, -0.15) is 0 Å². The van der Waals surface area contributed by atoms with E-state index in [1.54, 1.807) is 33.8 Å². The number of carbonyl (C=O) groups excluding carboxylic acids is 1. The Morgan fingerprint density at radius 2 is 2.13 bits per heavy atom. The minimum atomic E-state index is -0.616. The van der Waals surface area contributed by atoms with Gasteiger partial charge in [0.1, 0.15) is 11.5 Å². The number of aliphatic hydroxyl groups is 1. The maximum atomic E-state index is 11.8. The Morgan fingerprint density at radius 3 is 2.53 bits per heavy atom. The van der Waals surface area contributed by atoms with E-state index in [1.807, 2.05) is 0 Å². The molecule has 0 bridgehead atoms. The Morgan fingerprint density at radius 1 is 1.53 bits per heavy atom. The predicted molar refractivity (Wildman–Crippen MR) is 56.8 cm³/mol. The van der Waals surface area contributed by atoms with E-state index < -0.39 is 5.54 Å². The second kappa shape index (κ2) is 4.06. The van der Waals surface area contributed by atoms with Crippen LogP contribution in [0.15, 0.2) is 10.5 Å². The largest absolute Gasteiger partial charge is 0.466 e. The molecule has 4 heteroatoms. The van der Waals surface area contributed by atoms with Crippen LogP contribution >= 0.6 is 0 Å². The molecule has 0 atom stereocenters. The van der Waals surface area contributed by atoms with Crippen LogP contribution in [0.25, 0.3) is 0 Å². The molecule has 0 aliphatic heterocycles. The molecule has 15 heavy (non-hydrogen) atoms. The standard InChI is InChI=1S/C11H17NO3/c1-7-5-9(8(2)15-7)10(14)12-11(3,4)6-13/h5,13H,6H2,1-4H3,(H,12,14). The van der Waals surface area contributed by atoms with Gasteiger partial charge >= 0.3 is 0 Å². The van der Waals surface area contributed by atoms with E-state index >= 15 is 0 Å². The smallest absolute Gasteiger partial charge is 0.255 e. The topological polar surface area (TPSA) is 62.5 Å². The lowest BCUT2D eigenvalue weighted by atomic mass is 10.1. The van der Waals surface area contributed by atoms with Gasteiger partial charge in [-0.1, -0.05) is 0 Å². The zero-order chi connectivity index (χ0) is 11.6. The minimum absolute atomic E-state index is 0.103. The van der Waals surface area contributed by atoms with Gasteiger partial charge in [-0.15, -0.1) is 0 Å². The second-order valence-corrected chi connectivity index (χ2v) is 4.32. The van der Waals surface area contributed by atoms with Gasteiger partial charge < -0.3 is 14.8 Å². The molecule has 0 unspecified atom stereocenters. The van der Waals surface area contributed by atoms with E-state index in [1.165, 1.54) is 0 Å². The van der Waals surface area contributed by atoms with Gasteiger partial charge in [-0.05, 0) is 33.8 Å². The highest BCUT2D eigenvalue weighted by Crippen LogP contribution is 2.14. The first-order valence-corrected chi connectivity index (χ1v) is 4.86. The van der Waals surface area contributed by atoms with Crippen LogP contribution in [0, 0.1) is 13.8 Å². The maximum Gasteiger partial charge on any atom is 0.255 e. The van der Waals surface area contributed by atoms with E-state index in [0.29, 0.717) is 17.1 Å². The van der Waals surface area contributed by atoms with Crippen LogP contribution in [-0.4, -0.2) is 23.2 Å². The summed E-state index contributed by atoms with van der Waals surface area (Å²) < 4.78 is 5.26. The fourth-order valence-electron chi connectivity index (χ4n) is 1.27. The molecule has 0 spiro atoms. The van der Waals surface area contributed by atoms with Gasteiger partial charge in [0.15, 0.2) is 0 Å². The average Bonchev–Trinajstić information content (AvgIpc) is 2.45. The highest BCUT2D eigenvalue weighted by Gasteiger charge is 2.22. The fraction of sp³-hybridized carbons (Fsp3) is 0.545. The second-order valence-electron chi connectivity index (χ2n) is 4.32. The molecular formula is C11H17NO3. The van der Waals surface area contributed by atoms with Gasteiger partial charge in [-0.25, -0.2) is 0 Å². The van der Waals surface area contributed by atoms with Crippen LogP contribution in [0.2, 0.25) is 0 Å². The molecule has 0 aromatic carbocycles. The van der Waals surface area contributed by atoms with Crippen molar-refractivity contribution >= 4 is 5.91 Å². The number of carbonyl (C=O) groups is 1. The van der Waals surface area contributed by atoms with Crippen molar-refractivity contribution in [3.8, 4) is 0 Å². The molecule has 1 heterocycles. The van der Waals surface area contributed by atoms with Crippen molar-refractivity contribution in [1.29, 1.82) is 0 Å². The number of hydrogen-bond donors (Lipinski definition) is 2. The summed E-state index contributed by atoms with van der Waals surface area (Å²) in [5.74, 6) is 1.08. The van der Waals surface area contributed by atoms with Gasteiger partial charge in [0.25, 0.3) is 5.91 Å². The Hall–Kier alpha value is -1.29. The SMILES string of the molecule is Cc1cc(C(=O)NC(C)(C)CO)c(C)o1. The number of hydrogen-bond acceptors (Lipinski definition) is 3. The first kappa shape index (κ1) is 11.8. The van der Waals surface area contributed by atoms with E-state index in [2.05, 4.69) is 5.32 Å². The quantitative estimate of drug-likeness (QED) is 0.794. The number of furan rings is 1. The summed E-state index contributed by atoms with van der Waals surface area (Å²) in [4.78, 5) is 11.8. The maximum absolute atomic E-state index is 11.8. The Labute approximate surface area is 89.3 Å². The lowest BCUT2D eigenvalue weighted by molar-refractivity contribution is 0.0868. The predicted octanol–water partition coefficient (Wildman–Crippen LogP) is 1.40. The number of nitrogens with one attached hydrogen (secondary N) is 1. The molecule has 1 amide bonds. The highest BCUT2D eigenvalue weighted by atomic mass is 16.3. The first-order chi connectivity index (χ1) is 6.85. The lowest BCUT2D eigenvalue weighted by Crippen LogP contribution is -2.46. The summed E-state index contributed by atoms with van der Waals surface area (Å²) >= 11 is 0. The van der Waals surface area contributed by atoms with Crippen molar-refractivity contribution in [2.24, 2.45) is 0 Å². The number of rotatable bonds is 3. The van der Waals surface area contributed by atoms with E-state index in [9.17, 15) is 4.79 Å². The van der Waals surface area contributed by atoms with Crippen LogP contribution in [0.1, 0.15) is 35.7 Å².